The van der Waals surface area contributed by atoms with Crippen LogP contribution in [0, 0.1) is 13.8 Å². The first-order valence-corrected chi connectivity index (χ1v) is 9.51. The van der Waals surface area contributed by atoms with Gasteiger partial charge in [0.05, 0.1) is 5.56 Å². The summed E-state index contributed by atoms with van der Waals surface area (Å²) in [4.78, 5) is 12.9. The zero-order valence-electron chi connectivity index (χ0n) is 14.1. The molecule has 0 N–H and O–H groups in total. The summed E-state index contributed by atoms with van der Waals surface area (Å²) in [5.41, 5.74) is 3.03. The Morgan fingerprint density at radius 2 is 1.61 bits per heavy atom. The summed E-state index contributed by atoms with van der Waals surface area (Å²) in [6.45, 7) is 5.93. The average molecular weight is 327 g/mol. The molecule has 23 heavy (non-hydrogen) atoms. The smallest absolute Gasteiger partial charge is 0.234 e. The summed E-state index contributed by atoms with van der Waals surface area (Å²) < 4.78 is 13.1. The monoisotopic (exact) mass is 327 g/mol. The van der Waals surface area contributed by atoms with Crippen molar-refractivity contribution in [2.24, 2.45) is 0 Å². The van der Waals surface area contributed by atoms with Crippen LogP contribution in [0.5, 0.6) is 0 Å². The van der Waals surface area contributed by atoms with Crippen LogP contribution in [0.25, 0.3) is 0 Å². The molecule has 0 aliphatic rings. The largest absolute Gasteiger partial charge is 0.428 e. The number of hydrogen-bond acceptors (Lipinski definition) is 2. The van der Waals surface area contributed by atoms with Crippen molar-refractivity contribution in [3.8, 4) is 0 Å². The topological polar surface area (TPSA) is 34.1 Å². The number of unbranched alkanes of at least 4 members (excludes halogenated alkanes) is 1. The van der Waals surface area contributed by atoms with Gasteiger partial charge in [0.2, 0.25) is 0 Å². The third-order valence-corrected chi connectivity index (χ3v) is 5.94. The molecule has 0 aliphatic heterocycles. The summed E-state index contributed by atoms with van der Waals surface area (Å²) in [6.07, 6.45) is 2.79. The Morgan fingerprint density at radius 3 is 2.17 bits per heavy atom. The minimum atomic E-state index is -1.99. The van der Waals surface area contributed by atoms with Crippen LogP contribution in [0.15, 0.2) is 48.5 Å². The van der Waals surface area contributed by atoms with E-state index in [9.17, 15) is 9.36 Å². The molecular formula is C20H24O2P+. The molecule has 2 rings (SSSR count). The van der Waals surface area contributed by atoms with Crippen LogP contribution < -0.4 is 0 Å². The Balaban J connectivity index is 2.35. The summed E-state index contributed by atoms with van der Waals surface area (Å²) >= 11 is 0. The van der Waals surface area contributed by atoms with Crippen molar-refractivity contribution in [2.45, 2.75) is 45.7 Å². The minimum absolute atomic E-state index is 0.197. The standard InChI is InChI=1S/C20H24O2P/c1-4-5-14-18(17-12-7-6-8-13-17)23(22)20(21)19-15(2)10-9-11-16(19)3/h6-13,18H,4-5,14H2,1-3H3/q+1. The lowest BCUT2D eigenvalue weighted by atomic mass is 10.0. The molecule has 2 unspecified atom stereocenters. The van der Waals surface area contributed by atoms with Crippen molar-refractivity contribution >= 4 is 13.3 Å². The molecule has 120 valence electrons. The van der Waals surface area contributed by atoms with Gasteiger partial charge in [-0.1, -0.05) is 66.4 Å². The maximum atomic E-state index is 13.1. The Bertz CT molecular complexity index is 672. The highest BCUT2D eigenvalue weighted by Crippen LogP contribution is 2.47. The summed E-state index contributed by atoms with van der Waals surface area (Å²) in [5.74, 6) is 0. The molecular weight excluding hydrogens is 303 g/mol. The van der Waals surface area contributed by atoms with Crippen molar-refractivity contribution in [1.29, 1.82) is 0 Å². The number of hydrogen-bond donors (Lipinski definition) is 0. The first-order valence-electron chi connectivity index (χ1n) is 8.18. The van der Waals surface area contributed by atoms with E-state index >= 15 is 0 Å². The van der Waals surface area contributed by atoms with E-state index in [2.05, 4.69) is 6.92 Å². The number of rotatable bonds is 7. The number of aryl methyl sites for hydroxylation is 2. The SMILES string of the molecule is CCCCC(c1ccccc1)[P+](=O)C(=O)c1c(C)cccc1C. The van der Waals surface area contributed by atoms with Gasteiger partial charge < -0.3 is 0 Å². The molecule has 0 saturated carbocycles. The van der Waals surface area contributed by atoms with Crippen LogP contribution in [0.2, 0.25) is 0 Å². The van der Waals surface area contributed by atoms with E-state index in [4.69, 9.17) is 0 Å². The first kappa shape index (κ1) is 17.6. The van der Waals surface area contributed by atoms with E-state index in [0.717, 1.165) is 36.0 Å². The molecule has 2 aromatic carbocycles. The van der Waals surface area contributed by atoms with Gasteiger partial charge in [0, 0.05) is 5.56 Å². The molecule has 0 bridgehead atoms. The third-order valence-electron chi connectivity index (χ3n) is 4.19. The summed E-state index contributed by atoms with van der Waals surface area (Å²) in [5, 5.41) is 0. The lowest BCUT2D eigenvalue weighted by Gasteiger charge is -2.08. The Hall–Kier alpha value is -1.79. The van der Waals surface area contributed by atoms with Gasteiger partial charge in [0.25, 0.3) is 0 Å². The van der Waals surface area contributed by atoms with Gasteiger partial charge >= 0.3 is 13.3 Å². The Kier molecular flexibility index (Phi) is 6.24. The van der Waals surface area contributed by atoms with Gasteiger partial charge in [-0.15, -0.1) is 0 Å². The van der Waals surface area contributed by atoms with E-state index in [1.807, 2.05) is 62.4 Å². The molecule has 0 spiro atoms. The summed E-state index contributed by atoms with van der Waals surface area (Å²) in [7, 11) is -1.99. The molecule has 2 atom stereocenters. The molecule has 2 nitrogen and oxygen atoms in total. The lowest BCUT2D eigenvalue weighted by molar-refractivity contribution is 0.107. The number of carbonyl (C=O) groups is 1. The second-order valence-corrected chi connectivity index (χ2v) is 7.65. The van der Waals surface area contributed by atoms with Crippen LogP contribution >= 0.6 is 7.80 Å². The molecule has 0 aromatic heterocycles. The van der Waals surface area contributed by atoms with Gasteiger partial charge in [-0.25, -0.2) is 4.79 Å². The van der Waals surface area contributed by atoms with E-state index < -0.39 is 7.80 Å². The van der Waals surface area contributed by atoms with E-state index in [1.165, 1.54) is 0 Å². The lowest BCUT2D eigenvalue weighted by Crippen LogP contribution is -2.05. The van der Waals surface area contributed by atoms with Crippen molar-refractivity contribution in [3.05, 3.63) is 70.8 Å². The highest BCUT2D eigenvalue weighted by molar-refractivity contribution is 7.64. The normalized spacial score (nSPS) is 12.7. The van der Waals surface area contributed by atoms with Gasteiger partial charge in [-0.2, -0.15) is 0 Å². The minimum Gasteiger partial charge on any atom is -0.234 e. The highest BCUT2D eigenvalue weighted by atomic mass is 31.1. The average Bonchev–Trinajstić information content (AvgIpc) is 2.55. The van der Waals surface area contributed by atoms with E-state index in [0.29, 0.717) is 5.56 Å². The van der Waals surface area contributed by atoms with Gasteiger partial charge in [0.15, 0.2) is 5.66 Å². The molecule has 0 aliphatic carbocycles. The van der Waals surface area contributed by atoms with Gasteiger partial charge in [-0.3, -0.25) is 0 Å². The number of benzene rings is 2. The second kappa shape index (κ2) is 8.17. The van der Waals surface area contributed by atoms with Crippen molar-refractivity contribution < 1.29 is 9.36 Å². The maximum Gasteiger partial charge on any atom is 0.428 e. The predicted molar refractivity (Wildman–Crippen MR) is 96.6 cm³/mol. The fraction of sp³-hybridized carbons (Fsp3) is 0.350. The quantitative estimate of drug-likeness (QED) is 0.567. The first-order chi connectivity index (χ1) is 11.1. The molecule has 0 amide bonds. The summed E-state index contributed by atoms with van der Waals surface area (Å²) in [6, 6.07) is 15.5. The zero-order valence-corrected chi connectivity index (χ0v) is 15.0. The molecule has 0 fully saturated rings. The van der Waals surface area contributed by atoms with E-state index in [1.54, 1.807) is 0 Å². The highest BCUT2D eigenvalue weighted by Gasteiger charge is 2.41. The molecule has 2 aromatic rings. The van der Waals surface area contributed by atoms with Crippen LogP contribution in [-0.4, -0.2) is 5.52 Å². The van der Waals surface area contributed by atoms with Crippen LogP contribution in [-0.2, 0) is 4.57 Å². The zero-order chi connectivity index (χ0) is 16.8. The van der Waals surface area contributed by atoms with Gasteiger partial charge in [0.1, 0.15) is 0 Å². The van der Waals surface area contributed by atoms with Crippen molar-refractivity contribution in [1.82, 2.24) is 0 Å². The molecule has 3 heteroatoms. The van der Waals surface area contributed by atoms with Crippen molar-refractivity contribution in [3.63, 3.8) is 0 Å². The van der Waals surface area contributed by atoms with Gasteiger partial charge in [-0.05, 0) is 37.8 Å². The molecule has 0 saturated heterocycles. The Labute approximate surface area is 139 Å². The molecule has 0 heterocycles. The fourth-order valence-electron chi connectivity index (χ4n) is 2.90. The predicted octanol–water partition coefficient (Wildman–Crippen LogP) is 6.20. The maximum absolute atomic E-state index is 13.1. The molecule has 0 radical (unpaired) electrons. The third kappa shape index (κ3) is 4.14. The second-order valence-electron chi connectivity index (χ2n) is 5.97. The van der Waals surface area contributed by atoms with Crippen LogP contribution in [0.4, 0.5) is 0 Å². The van der Waals surface area contributed by atoms with E-state index in [-0.39, 0.29) is 11.2 Å². The van der Waals surface area contributed by atoms with Crippen LogP contribution in [0.1, 0.15) is 58.9 Å². The fourth-order valence-corrected chi connectivity index (χ4v) is 4.61. The number of carbonyl (C=O) groups excluding carboxylic acids is 1. The van der Waals surface area contributed by atoms with Crippen molar-refractivity contribution in [2.75, 3.05) is 0 Å². The van der Waals surface area contributed by atoms with Crippen LogP contribution in [0.3, 0.4) is 0 Å². The Morgan fingerprint density at radius 1 is 1.00 bits per heavy atom.